The molecule has 2 heterocycles. The van der Waals surface area contributed by atoms with Gasteiger partial charge in [0.15, 0.2) is 0 Å². The number of anilines is 2. The van der Waals surface area contributed by atoms with Crippen LogP contribution in [0.25, 0.3) is 0 Å². The fourth-order valence-electron chi connectivity index (χ4n) is 1.75. The summed E-state index contributed by atoms with van der Waals surface area (Å²) in [6.45, 7) is 0.723. The first-order valence-electron chi connectivity index (χ1n) is 5.80. The minimum absolute atomic E-state index is 0.174. The molecule has 2 aromatic rings. The minimum atomic E-state index is 0.174. The zero-order valence-corrected chi connectivity index (χ0v) is 12.4. The molecule has 5 nitrogen and oxygen atoms in total. The molecule has 0 amide bonds. The van der Waals surface area contributed by atoms with Crippen LogP contribution in [0.15, 0.2) is 23.6 Å². The van der Waals surface area contributed by atoms with Crippen LogP contribution >= 0.6 is 22.9 Å². The van der Waals surface area contributed by atoms with Crippen molar-refractivity contribution in [1.29, 1.82) is 0 Å². The number of nitrogens with one attached hydrogen (secondary N) is 1. The van der Waals surface area contributed by atoms with E-state index < -0.39 is 0 Å². The molecular weight excluding hydrogens is 282 g/mol. The van der Waals surface area contributed by atoms with Crippen LogP contribution in [-0.4, -0.2) is 35.5 Å². The molecule has 1 unspecified atom stereocenters. The van der Waals surface area contributed by atoms with Gasteiger partial charge in [-0.2, -0.15) is 4.98 Å². The van der Waals surface area contributed by atoms with Crippen molar-refractivity contribution >= 4 is 34.7 Å². The molecule has 0 saturated carbocycles. The maximum atomic E-state index is 5.85. The SMILES string of the molecule is CN(C)C(CNc1cc(Cl)nc(N)n1)c1cccs1. The van der Waals surface area contributed by atoms with Gasteiger partial charge >= 0.3 is 0 Å². The third-order valence-corrected chi connectivity index (χ3v) is 3.85. The van der Waals surface area contributed by atoms with E-state index in [0.29, 0.717) is 11.0 Å². The average Bonchev–Trinajstić information content (AvgIpc) is 2.81. The third-order valence-electron chi connectivity index (χ3n) is 2.68. The minimum Gasteiger partial charge on any atom is -0.368 e. The molecule has 2 aromatic heterocycles. The molecule has 0 aliphatic rings. The predicted molar refractivity (Wildman–Crippen MR) is 80.7 cm³/mol. The maximum absolute atomic E-state index is 5.85. The molecule has 1 atom stereocenters. The Morgan fingerprint density at radius 2 is 2.26 bits per heavy atom. The summed E-state index contributed by atoms with van der Waals surface area (Å²) in [7, 11) is 4.10. The smallest absolute Gasteiger partial charge is 0.223 e. The number of halogens is 1. The molecule has 0 aromatic carbocycles. The first-order chi connectivity index (χ1) is 9.06. The first kappa shape index (κ1) is 14.0. The summed E-state index contributed by atoms with van der Waals surface area (Å²) < 4.78 is 0. The van der Waals surface area contributed by atoms with Crippen LogP contribution < -0.4 is 11.1 Å². The monoisotopic (exact) mass is 297 g/mol. The van der Waals surface area contributed by atoms with E-state index in [2.05, 4.69) is 37.7 Å². The van der Waals surface area contributed by atoms with Crippen LogP contribution in [0.5, 0.6) is 0 Å². The molecule has 0 saturated heterocycles. The lowest BCUT2D eigenvalue weighted by atomic mass is 10.2. The van der Waals surface area contributed by atoms with Crippen molar-refractivity contribution in [3.05, 3.63) is 33.6 Å². The fourth-order valence-corrected chi connectivity index (χ4v) is 2.86. The molecule has 102 valence electrons. The number of hydrogen-bond acceptors (Lipinski definition) is 6. The van der Waals surface area contributed by atoms with Gasteiger partial charge in [-0.15, -0.1) is 11.3 Å². The van der Waals surface area contributed by atoms with E-state index in [1.165, 1.54) is 4.88 Å². The first-order valence-corrected chi connectivity index (χ1v) is 7.06. The van der Waals surface area contributed by atoms with Crippen LogP contribution in [0.4, 0.5) is 11.8 Å². The molecule has 7 heteroatoms. The van der Waals surface area contributed by atoms with Gasteiger partial charge in [0.2, 0.25) is 5.95 Å². The number of hydrogen-bond donors (Lipinski definition) is 2. The Bertz CT molecular complexity index is 509. The zero-order chi connectivity index (χ0) is 13.8. The Labute approximate surface area is 121 Å². The van der Waals surface area contributed by atoms with Gasteiger partial charge in [-0.05, 0) is 25.5 Å². The van der Waals surface area contributed by atoms with E-state index in [0.717, 1.165) is 6.54 Å². The Balaban J connectivity index is 2.07. The molecule has 0 fully saturated rings. The molecule has 3 N–H and O–H groups in total. The van der Waals surface area contributed by atoms with Crippen molar-refractivity contribution in [3.63, 3.8) is 0 Å². The Morgan fingerprint density at radius 1 is 1.47 bits per heavy atom. The van der Waals surface area contributed by atoms with Gasteiger partial charge in [0, 0.05) is 17.5 Å². The normalized spacial score (nSPS) is 12.6. The summed E-state index contributed by atoms with van der Waals surface area (Å²) in [4.78, 5) is 11.4. The van der Waals surface area contributed by atoms with E-state index in [1.54, 1.807) is 17.4 Å². The molecular formula is C12H16ClN5S. The van der Waals surface area contributed by atoms with Crippen LogP contribution in [0.3, 0.4) is 0 Å². The summed E-state index contributed by atoms with van der Waals surface area (Å²) in [6, 6.07) is 6.11. The van der Waals surface area contributed by atoms with Crippen molar-refractivity contribution in [2.75, 3.05) is 31.7 Å². The van der Waals surface area contributed by atoms with Crippen molar-refractivity contribution < 1.29 is 0 Å². The highest BCUT2D eigenvalue weighted by molar-refractivity contribution is 7.10. The third kappa shape index (κ3) is 3.79. The molecule has 0 spiro atoms. The fraction of sp³-hybridized carbons (Fsp3) is 0.333. The van der Waals surface area contributed by atoms with Gasteiger partial charge in [0.25, 0.3) is 0 Å². The van der Waals surface area contributed by atoms with Gasteiger partial charge < -0.3 is 16.0 Å². The van der Waals surface area contributed by atoms with Crippen LogP contribution in [-0.2, 0) is 0 Å². The lowest BCUT2D eigenvalue weighted by molar-refractivity contribution is 0.316. The van der Waals surface area contributed by atoms with Gasteiger partial charge in [-0.25, -0.2) is 4.98 Å². The summed E-state index contributed by atoms with van der Waals surface area (Å²) >= 11 is 7.58. The number of nitrogens with zero attached hydrogens (tertiary/aromatic N) is 3. The van der Waals surface area contributed by atoms with Crippen LogP contribution in [0.2, 0.25) is 5.15 Å². The Morgan fingerprint density at radius 3 is 2.84 bits per heavy atom. The van der Waals surface area contributed by atoms with E-state index in [9.17, 15) is 0 Å². The summed E-state index contributed by atoms with van der Waals surface area (Å²) in [5, 5.41) is 5.66. The largest absolute Gasteiger partial charge is 0.368 e. The van der Waals surface area contributed by atoms with Crippen molar-refractivity contribution in [3.8, 4) is 0 Å². The quantitative estimate of drug-likeness (QED) is 0.830. The zero-order valence-electron chi connectivity index (χ0n) is 10.8. The van der Waals surface area contributed by atoms with Crippen molar-refractivity contribution in [2.45, 2.75) is 6.04 Å². The maximum Gasteiger partial charge on any atom is 0.223 e. The van der Waals surface area contributed by atoms with E-state index in [4.69, 9.17) is 17.3 Å². The summed E-state index contributed by atoms with van der Waals surface area (Å²) in [5.41, 5.74) is 5.57. The molecule has 0 bridgehead atoms. The van der Waals surface area contributed by atoms with Crippen LogP contribution in [0.1, 0.15) is 10.9 Å². The lowest BCUT2D eigenvalue weighted by Crippen LogP contribution is -2.26. The number of rotatable bonds is 5. The van der Waals surface area contributed by atoms with Gasteiger partial charge in [0.1, 0.15) is 11.0 Å². The van der Waals surface area contributed by atoms with Gasteiger partial charge in [0.05, 0.1) is 6.04 Å². The Hall–Kier alpha value is -1.37. The van der Waals surface area contributed by atoms with E-state index >= 15 is 0 Å². The topological polar surface area (TPSA) is 67.1 Å². The number of likely N-dealkylation sites (N-methyl/N-ethyl adjacent to an activating group) is 1. The highest BCUT2D eigenvalue weighted by atomic mass is 35.5. The number of nitrogens with two attached hydrogens (primary N) is 1. The average molecular weight is 298 g/mol. The summed E-state index contributed by atoms with van der Waals surface area (Å²) in [5.74, 6) is 0.813. The van der Waals surface area contributed by atoms with Crippen molar-refractivity contribution in [2.24, 2.45) is 0 Å². The highest BCUT2D eigenvalue weighted by Crippen LogP contribution is 2.23. The van der Waals surface area contributed by atoms with E-state index in [1.807, 2.05) is 14.1 Å². The number of aromatic nitrogens is 2. The predicted octanol–water partition coefficient (Wildman–Crippen LogP) is 2.49. The highest BCUT2D eigenvalue weighted by Gasteiger charge is 2.15. The second kappa shape index (κ2) is 6.18. The van der Waals surface area contributed by atoms with Crippen molar-refractivity contribution in [1.82, 2.24) is 14.9 Å². The molecule has 0 aliphatic heterocycles. The molecule has 0 aliphatic carbocycles. The molecule has 19 heavy (non-hydrogen) atoms. The van der Waals surface area contributed by atoms with Gasteiger partial charge in [-0.1, -0.05) is 17.7 Å². The standard InChI is InChI=1S/C12H16ClN5S/c1-18(2)8(9-4-3-5-19-9)7-15-11-6-10(13)16-12(14)17-11/h3-6,8H,7H2,1-2H3,(H3,14,15,16,17). The number of nitrogen functional groups attached to an aromatic ring is 1. The molecule has 2 rings (SSSR count). The lowest BCUT2D eigenvalue weighted by Gasteiger charge is -2.23. The van der Waals surface area contributed by atoms with Crippen LogP contribution in [0, 0.1) is 0 Å². The van der Waals surface area contributed by atoms with E-state index in [-0.39, 0.29) is 12.0 Å². The Kier molecular flexibility index (Phi) is 4.57. The van der Waals surface area contributed by atoms with Gasteiger partial charge in [-0.3, -0.25) is 0 Å². The summed E-state index contributed by atoms with van der Waals surface area (Å²) in [6.07, 6.45) is 0. The molecule has 0 radical (unpaired) electrons. The second-order valence-electron chi connectivity index (χ2n) is 4.31. The number of thiophene rings is 1. The second-order valence-corrected chi connectivity index (χ2v) is 5.68.